The molecule has 0 saturated heterocycles. The first-order valence-corrected chi connectivity index (χ1v) is 6.82. The minimum atomic E-state index is -0.556. The molecule has 0 bridgehead atoms. The minimum absolute atomic E-state index is 0.0364. The Balaban J connectivity index is 3.63. The first-order chi connectivity index (χ1) is 7.02. The second-order valence-electron chi connectivity index (χ2n) is 3.79. The maximum Gasteiger partial charge on any atom is 0.307 e. The van der Waals surface area contributed by atoms with Crippen molar-refractivity contribution in [1.29, 1.82) is 0 Å². The lowest BCUT2D eigenvalue weighted by Crippen LogP contribution is -2.29. The van der Waals surface area contributed by atoms with Crippen LogP contribution in [-0.2, 0) is 9.53 Å². The average molecular weight is 252 g/mol. The summed E-state index contributed by atoms with van der Waals surface area (Å²) in [6.45, 7) is 3.65. The zero-order valence-corrected chi connectivity index (χ0v) is 11.1. The van der Waals surface area contributed by atoms with Crippen molar-refractivity contribution in [2.45, 2.75) is 32.3 Å². The van der Waals surface area contributed by atoms with E-state index >= 15 is 0 Å². The maximum atomic E-state index is 11.4. The van der Waals surface area contributed by atoms with Crippen molar-refractivity contribution in [3.05, 3.63) is 0 Å². The highest BCUT2D eigenvalue weighted by Crippen LogP contribution is 2.15. The predicted molar refractivity (Wildman–Crippen MR) is 67.7 cm³/mol. The first-order valence-electron chi connectivity index (χ1n) is 5.03. The smallest absolute Gasteiger partial charge is 0.307 e. The van der Waals surface area contributed by atoms with Crippen molar-refractivity contribution in [2.75, 3.05) is 23.9 Å². The highest BCUT2D eigenvalue weighted by atomic mass is 32.2. The van der Waals surface area contributed by atoms with Gasteiger partial charge in [-0.1, -0.05) is 0 Å². The third-order valence-electron chi connectivity index (χ3n) is 1.79. The third-order valence-corrected chi connectivity index (χ3v) is 3.30. The van der Waals surface area contributed by atoms with Gasteiger partial charge in [0.05, 0.1) is 6.42 Å². The fourth-order valence-electron chi connectivity index (χ4n) is 1.00. The Kier molecular flexibility index (Phi) is 8.37. The molecule has 90 valence electrons. The monoisotopic (exact) mass is 252 g/mol. The Morgan fingerprint density at radius 2 is 2.13 bits per heavy atom. The standard InChI is InChI=1S/C10H20O3S2/c1-10(2,4-5-11)13-9(12)3-7-15-8-6-14/h11,14H,3-8H2,1-2H3. The van der Waals surface area contributed by atoms with Gasteiger partial charge in [-0.15, -0.1) is 0 Å². The molecule has 0 aliphatic heterocycles. The summed E-state index contributed by atoms with van der Waals surface area (Å²) >= 11 is 5.77. The molecular weight excluding hydrogens is 232 g/mol. The number of ether oxygens (including phenoxy) is 1. The Hall–Kier alpha value is 0.130. The minimum Gasteiger partial charge on any atom is -0.460 e. The average Bonchev–Trinajstić information content (AvgIpc) is 2.11. The van der Waals surface area contributed by atoms with E-state index in [1.807, 2.05) is 13.8 Å². The summed E-state index contributed by atoms with van der Waals surface area (Å²) in [7, 11) is 0. The topological polar surface area (TPSA) is 46.5 Å². The molecule has 0 aromatic carbocycles. The number of thiol groups is 1. The van der Waals surface area contributed by atoms with Gasteiger partial charge in [-0.25, -0.2) is 0 Å². The van der Waals surface area contributed by atoms with E-state index in [0.717, 1.165) is 17.3 Å². The van der Waals surface area contributed by atoms with E-state index in [1.165, 1.54) is 0 Å². The van der Waals surface area contributed by atoms with E-state index in [2.05, 4.69) is 12.6 Å². The summed E-state index contributed by atoms with van der Waals surface area (Å²) in [6.07, 6.45) is 0.899. The maximum absolute atomic E-state index is 11.4. The second-order valence-corrected chi connectivity index (χ2v) is 5.47. The van der Waals surface area contributed by atoms with Crippen LogP contribution in [0, 0.1) is 0 Å². The molecule has 0 heterocycles. The molecule has 0 fully saturated rings. The quantitative estimate of drug-likeness (QED) is 0.392. The fourth-order valence-corrected chi connectivity index (χ4v) is 2.03. The molecule has 1 N–H and O–H groups in total. The Morgan fingerprint density at radius 3 is 2.67 bits per heavy atom. The summed E-state index contributed by atoms with van der Waals surface area (Å²) in [5.41, 5.74) is -0.556. The molecule has 0 unspecified atom stereocenters. The highest BCUT2D eigenvalue weighted by molar-refractivity contribution is 7.99. The zero-order valence-electron chi connectivity index (χ0n) is 9.36. The summed E-state index contributed by atoms with van der Waals surface area (Å²) in [5.74, 6) is 2.36. The van der Waals surface area contributed by atoms with Crippen molar-refractivity contribution in [1.82, 2.24) is 0 Å². The summed E-state index contributed by atoms with van der Waals surface area (Å²) in [4.78, 5) is 11.4. The van der Waals surface area contributed by atoms with E-state index in [1.54, 1.807) is 11.8 Å². The van der Waals surface area contributed by atoms with Crippen LogP contribution < -0.4 is 0 Å². The Morgan fingerprint density at radius 1 is 1.47 bits per heavy atom. The molecule has 3 nitrogen and oxygen atoms in total. The number of hydrogen-bond donors (Lipinski definition) is 2. The van der Waals surface area contributed by atoms with Gasteiger partial charge in [-0.05, 0) is 19.6 Å². The van der Waals surface area contributed by atoms with Gasteiger partial charge >= 0.3 is 5.97 Å². The normalized spacial score (nSPS) is 11.5. The summed E-state index contributed by atoms with van der Waals surface area (Å²) in [6, 6.07) is 0. The van der Waals surface area contributed by atoms with E-state index < -0.39 is 5.60 Å². The van der Waals surface area contributed by atoms with Gasteiger partial charge in [0.25, 0.3) is 0 Å². The van der Waals surface area contributed by atoms with Crippen LogP contribution in [0.25, 0.3) is 0 Å². The molecule has 0 atom stereocenters. The predicted octanol–water partition coefficient (Wildman–Crippen LogP) is 1.74. The molecule has 15 heavy (non-hydrogen) atoms. The number of aliphatic hydroxyl groups excluding tert-OH is 1. The van der Waals surface area contributed by atoms with Crippen LogP contribution in [0.4, 0.5) is 0 Å². The van der Waals surface area contributed by atoms with E-state index in [-0.39, 0.29) is 12.6 Å². The number of thioether (sulfide) groups is 1. The van der Waals surface area contributed by atoms with Crippen LogP contribution in [0.15, 0.2) is 0 Å². The van der Waals surface area contributed by atoms with Crippen molar-refractivity contribution >= 4 is 30.4 Å². The highest BCUT2D eigenvalue weighted by Gasteiger charge is 2.21. The molecule has 0 saturated carbocycles. The van der Waals surface area contributed by atoms with Crippen LogP contribution in [0.1, 0.15) is 26.7 Å². The van der Waals surface area contributed by atoms with Crippen LogP contribution in [0.2, 0.25) is 0 Å². The van der Waals surface area contributed by atoms with Gasteiger partial charge in [0.2, 0.25) is 0 Å². The van der Waals surface area contributed by atoms with Gasteiger partial charge < -0.3 is 9.84 Å². The number of carbonyl (C=O) groups is 1. The molecule has 0 aromatic rings. The molecular formula is C10H20O3S2. The van der Waals surface area contributed by atoms with Crippen LogP contribution in [0.5, 0.6) is 0 Å². The molecule has 0 aliphatic rings. The number of hydrogen-bond acceptors (Lipinski definition) is 5. The number of aliphatic hydroxyl groups is 1. The van der Waals surface area contributed by atoms with Crippen LogP contribution >= 0.6 is 24.4 Å². The third kappa shape index (κ3) is 9.08. The van der Waals surface area contributed by atoms with Gasteiger partial charge in [0.15, 0.2) is 0 Å². The summed E-state index contributed by atoms with van der Waals surface area (Å²) in [5, 5.41) is 8.76. The van der Waals surface area contributed by atoms with Crippen LogP contribution in [0.3, 0.4) is 0 Å². The van der Waals surface area contributed by atoms with Crippen molar-refractivity contribution in [2.24, 2.45) is 0 Å². The van der Waals surface area contributed by atoms with Crippen molar-refractivity contribution in [3.8, 4) is 0 Å². The van der Waals surface area contributed by atoms with Crippen LogP contribution in [-0.4, -0.2) is 40.5 Å². The Labute approximate surface area is 101 Å². The molecule has 0 aliphatic carbocycles. The van der Waals surface area contributed by atoms with Crippen molar-refractivity contribution < 1.29 is 14.6 Å². The zero-order chi connectivity index (χ0) is 11.7. The van der Waals surface area contributed by atoms with Gasteiger partial charge in [0.1, 0.15) is 5.60 Å². The molecule has 0 aromatic heterocycles. The van der Waals surface area contributed by atoms with E-state index in [9.17, 15) is 4.79 Å². The fraction of sp³-hybridized carbons (Fsp3) is 0.900. The molecule has 5 heteroatoms. The van der Waals surface area contributed by atoms with Gasteiger partial charge in [-0.2, -0.15) is 24.4 Å². The first kappa shape index (κ1) is 15.1. The van der Waals surface area contributed by atoms with Gasteiger partial charge in [-0.3, -0.25) is 4.79 Å². The lowest BCUT2D eigenvalue weighted by Gasteiger charge is -2.24. The van der Waals surface area contributed by atoms with Gasteiger partial charge in [0, 0.05) is 24.5 Å². The molecule has 0 amide bonds. The van der Waals surface area contributed by atoms with Crippen molar-refractivity contribution in [3.63, 3.8) is 0 Å². The SMILES string of the molecule is CC(C)(CCO)OC(=O)CCSCCS. The number of carbonyl (C=O) groups excluding carboxylic acids is 1. The lowest BCUT2D eigenvalue weighted by atomic mass is 10.1. The second kappa shape index (κ2) is 8.30. The summed E-state index contributed by atoms with van der Waals surface area (Å²) < 4.78 is 5.23. The largest absolute Gasteiger partial charge is 0.460 e. The number of esters is 1. The molecule has 0 spiro atoms. The Bertz CT molecular complexity index is 184. The number of rotatable bonds is 8. The van der Waals surface area contributed by atoms with E-state index in [0.29, 0.717) is 12.8 Å². The molecule has 0 radical (unpaired) electrons. The van der Waals surface area contributed by atoms with E-state index in [4.69, 9.17) is 9.84 Å². The lowest BCUT2D eigenvalue weighted by molar-refractivity contribution is -0.157. The molecule has 0 rings (SSSR count).